The van der Waals surface area contributed by atoms with Gasteiger partial charge in [-0.1, -0.05) is 0 Å². The van der Waals surface area contributed by atoms with Gasteiger partial charge in [-0.25, -0.2) is 19.9 Å². The Balaban J connectivity index is 1.05. The number of ether oxygens (including phenoxy) is 2. The smallest absolute Gasteiger partial charge is 0.325 e. The van der Waals surface area contributed by atoms with Crippen molar-refractivity contribution in [3.05, 3.63) is 29.3 Å². The predicted molar refractivity (Wildman–Crippen MR) is 150 cm³/mol. The molecule has 0 amide bonds. The molecule has 10 atom stereocenters. The first kappa shape index (κ1) is 27.7. The highest BCUT2D eigenvalue weighted by Gasteiger charge is 2.93. The van der Waals surface area contributed by atoms with Crippen molar-refractivity contribution in [3.63, 3.8) is 0 Å². The number of nitrogens with two attached hydrogens (primary N) is 2. The number of anilines is 2. The minimum atomic E-state index is -4.21. The number of hydrogen-bond acceptors (Lipinski definition) is 17. The Labute approximate surface area is 248 Å². The lowest BCUT2D eigenvalue weighted by Gasteiger charge is -2.33. The molecule has 1 saturated carbocycles. The molecule has 1 aliphatic carbocycles. The molecule has 3 saturated heterocycles. The molecule has 0 aromatic carbocycles. The van der Waals surface area contributed by atoms with Gasteiger partial charge in [0.2, 0.25) is 5.95 Å². The molecule has 4 fully saturated rings. The molecule has 4 aromatic rings. The summed E-state index contributed by atoms with van der Waals surface area (Å²) in [5.74, 6) is 0.0236. The molecule has 0 radical (unpaired) electrons. The quantitative estimate of drug-likeness (QED) is 0.101. The third kappa shape index (κ3) is 3.69. The van der Waals surface area contributed by atoms with E-state index in [2.05, 4.69) is 29.9 Å². The summed E-state index contributed by atoms with van der Waals surface area (Å²) in [6.45, 7) is -4.68. The highest BCUT2D eigenvalue weighted by molar-refractivity contribution is 8.07. The second-order valence-electron chi connectivity index (χ2n) is 10.6. The normalized spacial score (nSPS) is 37.7. The zero-order valence-electron chi connectivity index (χ0n) is 21.6. The SMILES string of the molecule is Nc1nc2c(ncn2[C@@H]2S[C@H](CO)[C@@H](O)[C@H]2OP(O)(=S)OC2[C@@]34CO[C@@H]([C@H](n5cnc6c(N)ncnc65)O3)[C@@]24O)c(=O)[nH]1. The summed E-state index contributed by atoms with van der Waals surface area (Å²) in [6, 6.07) is 0. The van der Waals surface area contributed by atoms with Crippen molar-refractivity contribution in [2.24, 2.45) is 0 Å². The van der Waals surface area contributed by atoms with E-state index in [1.165, 1.54) is 23.5 Å². The zero-order chi connectivity index (χ0) is 30.1. The molecule has 2 unspecified atom stereocenters. The highest BCUT2D eigenvalue weighted by Crippen LogP contribution is 2.72. The van der Waals surface area contributed by atoms with Crippen molar-refractivity contribution >= 4 is 64.4 Å². The van der Waals surface area contributed by atoms with E-state index in [-0.39, 0.29) is 29.5 Å². The van der Waals surface area contributed by atoms with Crippen LogP contribution in [-0.4, -0.2) is 113 Å². The molecule has 4 aromatic heterocycles. The summed E-state index contributed by atoms with van der Waals surface area (Å²) in [5.41, 5.74) is 8.81. The van der Waals surface area contributed by atoms with Gasteiger partial charge >= 0.3 is 6.72 Å². The number of aromatic amines is 1. The molecule has 4 aliphatic rings. The molecule has 0 spiro atoms. The van der Waals surface area contributed by atoms with E-state index in [1.54, 1.807) is 4.57 Å². The fourth-order valence-electron chi connectivity index (χ4n) is 6.24. The number of fused-ring (bicyclic) bond motifs is 2. The number of nitrogens with one attached hydrogen (secondary N) is 1. The lowest BCUT2D eigenvalue weighted by molar-refractivity contribution is -0.191. The van der Waals surface area contributed by atoms with Crippen LogP contribution in [0.4, 0.5) is 11.8 Å². The third-order valence-corrected chi connectivity index (χ3v) is 11.3. The molecule has 2 bridgehead atoms. The summed E-state index contributed by atoms with van der Waals surface area (Å²) in [5, 5.41) is 30.9. The van der Waals surface area contributed by atoms with Crippen molar-refractivity contribution in [1.29, 1.82) is 0 Å². The molecular weight excluding hydrogens is 631 g/mol. The first-order valence-corrected chi connectivity index (χ1v) is 16.3. The maximum Gasteiger partial charge on any atom is 0.325 e. The van der Waals surface area contributed by atoms with Crippen molar-refractivity contribution in [2.75, 3.05) is 24.7 Å². The van der Waals surface area contributed by atoms with Crippen LogP contribution in [0.5, 0.6) is 0 Å². The van der Waals surface area contributed by atoms with E-state index in [4.69, 9.17) is 41.8 Å². The first-order chi connectivity index (χ1) is 20.5. The fourth-order valence-corrected chi connectivity index (χ4v) is 9.49. The molecule has 22 heteroatoms. The molecular formula is C21H23N10O9PS2. The molecule has 7 heterocycles. The average Bonchev–Trinajstić information content (AvgIpc) is 3.62. The van der Waals surface area contributed by atoms with Gasteiger partial charge in [-0.3, -0.25) is 28.0 Å². The Morgan fingerprint density at radius 1 is 1.19 bits per heavy atom. The van der Waals surface area contributed by atoms with Crippen LogP contribution in [0.3, 0.4) is 0 Å². The van der Waals surface area contributed by atoms with Crippen LogP contribution in [-0.2, 0) is 30.3 Å². The van der Waals surface area contributed by atoms with Gasteiger partial charge in [0.05, 0.1) is 37.2 Å². The summed E-state index contributed by atoms with van der Waals surface area (Å²) >= 11 is 6.44. The summed E-state index contributed by atoms with van der Waals surface area (Å²) in [6.07, 6.45) is -1.41. The Hall–Kier alpha value is -2.82. The van der Waals surface area contributed by atoms with Crippen molar-refractivity contribution < 1.29 is 38.7 Å². The Morgan fingerprint density at radius 2 is 1.95 bits per heavy atom. The molecule has 3 aliphatic heterocycles. The van der Waals surface area contributed by atoms with E-state index >= 15 is 0 Å². The van der Waals surface area contributed by atoms with Gasteiger partial charge in [-0.2, -0.15) is 4.98 Å². The lowest BCUT2D eigenvalue weighted by Crippen LogP contribution is -2.41. The molecule has 9 N–H and O–H groups in total. The second-order valence-corrected chi connectivity index (χ2v) is 14.7. The maximum atomic E-state index is 12.3. The van der Waals surface area contributed by atoms with Crippen molar-refractivity contribution in [1.82, 2.24) is 39.0 Å². The first-order valence-electron chi connectivity index (χ1n) is 12.8. The summed E-state index contributed by atoms with van der Waals surface area (Å²) in [7, 11) is 0. The number of aliphatic hydroxyl groups is 3. The van der Waals surface area contributed by atoms with Crippen LogP contribution >= 0.6 is 18.5 Å². The standard InChI is InChI=1S/C21H23N10O9PS2/c22-12-7-13(25-3-24-12)30(4-26-7)16-11-21(35)18(20(21,38-16)2-37-11)40-41(36,42)39-10-9(33)6(1-32)43-17(10)31-5-27-8-14(31)28-19(23)29-15(8)34/h3-6,9-11,16-18,32-33,35H,1-2H2,(H,36,42)(H2,22,24,25)(H3,23,28,29,34)/t6-,9-,10-,11+,16-,17-,18?,20-,21-,41?/m1/s1. The Bertz CT molecular complexity index is 1900. The average molecular weight is 655 g/mol. The van der Waals surface area contributed by atoms with Crippen LogP contribution in [0, 0.1) is 0 Å². The van der Waals surface area contributed by atoms with E-state index in [0.717, 1.165) is 11.8 Å². The molecule has 8 rings (SSSR count). The Kier molecular flexibility index (Phi) is 5.87. The van der Waals surface area contributed by atoms with Crippen molar-refractivity contribution in [2.45, 2.75) is 52.5 Å². The Morgan fingerprint density at radius 3 is 2.70 bits per heavy atom. The van der Waals surface area contributed by atoms with Gasteiger partial charge in [-0.15, -0.1) is 11.8 Å². The van der Waals surface area contributed by atoms with E-state index in [1.807, 2.05) is 0 Å². The molecule has 19 nitrogen and oxygen atoms in total. The highest BCUT2D eigenvalue weighted by atomic mass is 32.5. The van der Waals surface area contributed by atoms with E-state index in [9.17, 15) is 25.0 Å². The minimum absolute atomic E-state index is 0.00940. The molecule has 43 heavy (non-hydrogen) atoms. The van der Waals surface area contributed by atoms with Gasteiger partial charge in [0.1, 0.15) is 35.5 Å². The number of aliphatic hydroxyl groups excluding tert-OH is 2. The van der Waals surface area contributed by atoms with Crippen molar-refractivity contribution in [3.8, 4) is 0 Å². The largest absolute Gasteiger partial charge is 0.395 e. The lowest BCUT2D eigenvalue weighted by atomic mass is 10.1. The van der Waals surface area contributed by atoms with Crippen LogP contribution < -0.4 is 17.0 Å². The van der Waals surface area contributed by atoms with E-state index in [0.29, 0.717) is 11.2 Å². The van der Waals surface area contributed by atoms with Crippen LogP contribution in [0.15, 0.2) is 23.8 Å². The monoisotopic (exact) mass is 654 g/mol. The van der Waals surface area contributed by atoms with Gasteiger partial charge < -0.3 is 41.2 Å². The number of H-pyrrole nitrogens is 1. The number of rotatable bonds is 7. The van der Waals surface area contributed by atoms with E-state index < -0.39 is 71.4 Å². The number of imidazole rings is 2. The van der Waals surface area contributed by atoms with Gasteiger partial charge in [-0.05, 0) is 11.8 Å². The van der Waals surface area contributed by atoms with Crippen LogP contribution in [0.1, 0.15) is 11.6 Å². The number of nitrogens with zero attached hydrogens (tertiary/aromatic N) is 7. The number of hydrogen-bond donors (Lipinski definition) is 7. The second kappa shape index (κ2) is 9.11. The van der Waals surface area contributed by atoms with Crippen LogP contribution in [0.25, 0.3) is 22.3 Å². The third-order valence-electron chi connectivity index (χ3n) is 8.29. The topological polar surface area (TPSA) is 277 Å². The zero-order valence-corrected chi connectivity index (χ0v) is 24.1. The van der Waals surface area contributed by atoms with Crippen LogP contribution in [0.2, 0.25) is 0 Å². The predicted octanol–water partition coefficient (Wildman–Crippen LogP) is -2.51. The molecule has 228 valence electrons. The number of thioether (sulfide) groups is 1. The minimum Gasteiger partial charge on any atom is -0.395 e. The summed E-state index contributed by atoms with van der Waals surface area (Å²) in [4.78, 5) is 46.5. The maximum absolute atomic E-state index is 12.3. The van der Waals surface area contributed by atoms with Gasteiger partial charge in [0, 0.05) is 0 Å². The van der Waals surface area contributed by atoms with Gasteiger partial charge in [0.25, 0.3) is 5.56 Å². The van der Waals surface area contributed by atoms with Gasteiger partial charge in [0.15, 0.2) is 40.1 Å². The fraction of sp³-hybridized carbons (Fsp3) is 0.524. The summed E-state index contributed by atoms with van der Waals surface area (Å²) < 4.78 is 26.7. The number of nitrogen functional groups attached to an aromatic ring is 2. The number of aromatic nitrogens is 8.